The second kappa shape index (κ2) is 8.41. The van der Waals surface area contributed by atoms with E-state index in [1.54, 1.807) is 22.6 Å². The highest BCUT2D eigenvalue weighted by atomic mass is 32.2. The molecule has 0 bridgehead atoms. The Morgan fingerprint density at radius 1 is 0.867 bits per heavy atom. The standard InChI is InChI=1S/C22H25N5O2S/c1-25(2)20-16-22(24-23-17-20)26-12-14-27(15-13-26)30(28,29)21-10-8-19(9-11-21)18-6-4-3-5-7-18/h3-11,16-17H,12-15H2,1-2H3. The van der Waals surface area contributed by atoms with Crippen LogP contribution in [0.25, 0.3) is 11.1 Å². The first-order chi connectivity index (χ1) is 14.4. The Kier molecular flexibility index (Phi) is 5.69. The van der Waals surface area contributed by atoms with Crippen molar-refractivity contribution in [1.29, 1.82) is 0 Å². The lowest BCUT2D eigenvalue weighted by Crippen LogP contribution is -2.49. The van der Waals surface area contributed by atoms with Crippen LogP contribution in [0, 0.1) is 0 Å². The molecule has 1 fully saturated rings. The SMILES string of the molecule is CN(C)c1cnnc(N2CCN(S(=O)(=O)c3ccc(-c4ccccc4)cc3)CC2)c1. The summed E-state index contributed by atoms with van der Waals surface area (Å²) in [4.78, 5) is 4.37. The van der Waals surface area contributed by atoms with Gasteiger partial charge in [-0.25, -0.2) is 8.42 Å². The maximum Gasteiger partial charge on any atom is 0.243 e. The van der Waals surface area contributed by atoms with Crippen LogP contribution in [-0.2, 0) is 10.0 Å². The Morgan fingerprint density at radius 3 is 2.13 bits per heavy atom. The number of hydrogen-bond acceptors (Lipinski definition) is 6. The Bertz CT molecular complexity index is 1090. The second-order valence-electron chi connectivity index (χ2n) is 7.45. The molecule has 0 unspecified atom stereocenters. The van der Waals surface area contributed by atoms with E-state index in [9.17, 15) is 8.42 Å². The maximum absolute atomic E-state index is 13.1. The van der Waals surface area contributed by atoms with Crippen LogP contribution in [0.5, 0.6) is 0 Å². The minimum Gasteiger partial charge on any atom is -0.376 e. The van der Waals surface area contributed by atoms with E-state index >= 15 is 0 Å². The first kappa shape index (κ1) is 20.3. The molecule has 0 spiro atoms. The van der Waals surface area contributed by atoms with Crippen molar-refractivity contribution in [2.24, 2.45) is 0 Å². The summed E-state index contributed by atoms with van der Waals surface area (Å²) in [7, 11) is 0.380. The van der Waals surface area contributed by atoms with Gasteiger partial charge >= 0.3 is 0 Å². The molecule has 2 aromatic carbocycles. The zero-order valence-electron chi connectivity index (χ0n) is 17.1. The molecule has 1 aliphatic rings. The van der Waals surface area contributed by atoms with Crippen LogP contribution in [0.15, 0.2) is 71.8 Å². The monoisotopic (exact) mass is 423 g/mol. The molecule has 8 heteroatoms. The fraction of sp³-hybridized carbons (Fsp3) is 0.273. The van der Waals surface area contributed by atoms with Gasteiger partial charge in [-0.1, -0.05) is 42.5 Å². The number of hydrogen-bond donors (Lipinski definition) is 0. The number of rotatable bonds is 5. The Hall–Kier alpha value is -2.97. The lowest BCUT2D eigenvalue weighted by Gasteiger charge is -2.34. The van der Waals surface area contributed by atoms with Gasteiger partial charge in [0.2, 0.25) is 10.0 Å². The molecular formula is C22H25N5O2S. The third kappa shape index (κ3) is 4.15. The van der Waals surface area contributed by atoms with E-state index in [1.807, 2.05) is 67.5 Å². The highest BCUT2D eigenvalue weighted by molar-refractivity contribution is 7.89. The molecule has 1 saturated heterocycles. The van der Waals surface area contributed by atoms with Crippen molar-refractivity contribution in [3.8, 4) is 11.1 Å². The lowest BCUT2D eigenvalue weighted by atomic mass is 10.1. The van der Waals surface area contributed by atoms with Crippen molar-refractivity contribution in [3.63, 3.8) is 0 Å². The minimum atomic E-state index is -3.53. The van der Waals surface area contributed by atoms with Crippen LogP contribution in [0.2, 0.25) is 0 Å². The number of anilines is 2. The Morgan fingerprint density at radius 2 is 1.50 bits per heavy atom. The smallest absolute Gasteiger partial charge is 0.243 e. The fourth-order valence-corrected chi connectivity index (χ4v) is 4.92. The number of aromatic nitrogens is 2. The van der Waals surface area contributed by atoms with Crippen LogP contribution in [0.1, 0.15) is 0 Å². The van der Waals surface area contributed by atoms with Gasteiger partial charge in [0.15, 0.2) is 5.82 Å². The average molecular weight is 424 g/mol. The van der Waals surface area contributed by atoms with Crippen molar-refractivity contribution >= 4 is 21.5 Å². The van der Waals surface area contributed by atoms with Gasteiger partial charge in [0.25, 0.3) is 0 Å². The van der Waals surface area contributed by atoms with Gasteiger partial charge in [0, 0.05) is 46.3 Å². The molecule has 7 nitrogen and oxygen atoms in total. The molecule has 0 amide bonds. The molecule has 2 heterocycles. The third-order valence-corrected chi connectivity index (χ3v) is 7.22. The van der Waals surface area contributed by atoms with Gasteiger partial charge in [0.1, 0.15) is 0 Å². The van der Waals surface area contributed by atoms with Crippen molar-refractivity contribution < 1.29 is 8.42 Å². The Labute approximate surface area is 177 Å². The van der Waals surface area contributed by atoms with Gasteiger partial charge in [-0.15, -0.1) is 5.10 Å². The van der Waals surface area contributed by atoms with Crippen molar-refractivity contribution in [2.75, 3.05) is 50.1 Å². The summed E-state index contributed by atoms with van der Waals surface area (Å²) in [5.74, 6) is 0.769. The van der Waals surface area contributed by atoms with Gasteiger partial charge in [-0.05, 0) is 23.3 Å². The fourth-order valence-electron chi connectivity index (χ4n) is 3.50. The lowest BCUT2D eigenvalue weighted by molar-refractivity contribution is 0.383. The largest absolute Gasteiger partial charge is 0.376 e. The molecule has 1 aromatic heterocycles. The Balaban J connectivity index is 1.45. The van der Waals surface area contributed by atoms with Gasteiger partial charge < -0.3 is 9.80 Å². The van der Waals surface area contributed by atoms with E-state index in [-0.39, 0.29) is 0 Å². The average Bonchev–Trinajstić information content (AvgIpc) is 2.80. The molecular weight excluding hydrogens is 398 g/mol. The quantitative estimate of drug-likeness (QED) is 0.629. The summed E-state index contributed by atoms with van der Waals surface area (Å²) in [5.41, 5.74) is 3.03. The predicted octanol–water partition coefficient (Wildman–Crippen LogP) is 2.72. The van der Waals surface area contributed by atoms with E-state index in [4.69, 9.17) is 0 Å². The van der Waals surface area contributed by atoms with Crippen molar-refractivity contribution in [3.05, 3.63) is 66.9 Å². The van der Waals surface area contributed by atoms with E-state index in [0.717, 1.165) is 22.6 Å². The summed E-state index contributed by atoms with van der Waals surface area (Å²) < 4.78 is 27.7. The summed E-state index contributed by atoms with van der Waals surface area (Å²) in [6.45, 7) is 1.98. The highest BCUT2D eigenvalue weighted by Crippen LogP contribution is 2.25. The first-order valence-corrected chi connectivity index (χ1v) is 11.3. The summed E-state index contributed by atoms with van der Waals surface area (Å²) in [6.07, 6.45) is 1.71. The van der Waals surface area contributed by atoms with Gasteiger partial charge in [-0.3, -0.25) is 0 Å². The summed E-state index contributed by atoms with van der Waals surface area (Å²) in [5, 5.41) is 8.28. The van der Waals surface area contributed by atoms with E-state index < -0.39 is 10.0 Å². The number of nitrogens with zero attached hydrogens (tertiary/aromatic N) is 5. The van der Waals surface area contributed by atoms with E-state index in [1.165, 1.54) is 0 Å². The first-order valence-electron chi connectivity index (χ1n) is 9.86. The maximum atomic E-state index is 13.1. The molecule has 0 atom stereocenters. The predicted molar refractivity (Wildman–Crippen MR) is 119 cm³/mol. The molecule has 0 N–H and O–H groups in total. The van der Waals surface area contributed by atoms with E-state index in [2.05, 4.69) is 15.1 Å². The van der Waals surface area contributed by atoms with Crippen LogP contribution in [-0.4, -0.2) is 63.2 Å². The molecule has 4 rings (SSSR count). The zero-order valence-corrected chi connectivity index (χ0v) is 18.0. The van der Waals surface area contributed by atoms with Crippen LogP contribution in [0.3, 0.4) is 0 Å². The molecule has 0 saturated carbocycles. The van der Waals surface area contributed by atoms with Crippen LogP contribution >= 0.6 is 0 Å². The highest BCUT2D eigenvalue weighted by Gasteiger charge is 2.29. The summed E-state index contributed by atoms with van der Waals surface area (Å²) >= 11 is 0. The molecule has 0 aliphatic carbocycles. The van der Waals surface area contributed by atoms with Gasteiger partial charge in [0.05, 0.1) is 16.8 Å². The van der Waals surface area contributed by atoms with Crippen molar-refractivity contribution in [2.45, 2.75) is 4.90 Å². The normalized spacial score (nSPS) is 15.2. The third-order valence-electron chi connectivity index (χ3n) is 5.31. The minimum absolute atomic E-state index is 0.324. The summed E-state index contributed by atoms with van der Waals surface area (Å²) in [6, 6.07) is 19.0. The molecule has 3 aromatic rings. The van der Waals surface area contributed by atoms with E-state index in [0.29, 0.717) is 31.1 Å². The molecule has 30 heavy (non-hydrogen) atoms. The number of benzene rings is 2. The molecule has 0 radical (unpaired) electrons. The van der Waals surface area contributed by atoms with Crippen LogP contribution in [0.4, 0.5) is 11.5 Å². The van der Waals surface area contributed by atoms with Gasteiger partial charge in [-0.2, -0.15) is 9.40 Å². The zero-order chi connectivity index (χ0) is 21.1. The number of sulfonamides is 1. The van der Waals surface area contributed by atoms with Crippen molar-refractivity contribution in [1.82, 2.24) is 14.5 Å². The molecule has 156 valence electrons. The number of piperazine rings is 1. The second-order valence-corrected chi connectivity index (χ2v) is 9.39. The topological polar surface area (TPSA) is 69.6 Å². The molecule has 1 aliphatic heterocycles. The van der Waals surface area contributed by atoms with Crippen LogP contribution < -0.4 is 9.80 Å².